The molecule has 0 aliphatic carbocycles. The van der Waals surface area contributed by atoms with Crippen LogP contribution in [0.2, 0.25) is 5.28 Å². The summed E-state index contributed by atoms with van der Waals surface area (Å²) >= 11 is 5.30. The van der Waals surface area contributed by atoms with E-state index in [0.717, 1.165) is 12.4 Å². The minimum Gasteiger partial charge on any atom is -0.481 e. The number of halogens is 4. The van der Waals surface area contributed by atoms with Crippen molar-refractivity contribution in [2.75, 3.05) is 6.61 Å². The highest BCUT2D eigenvalue weighted by molar-refractivity contribution is 6.28. The van der Waals surface area contributed by atoms with E-state index in [1.165, 1.54) is 0 Å². The van der Waals surface area contributed by atoms with Gasteiger partial charge < -0.3 is 4.74 Å². The predicted molar refractivity (Wildman–Crippen MR) is 38.6 cm³/mol. The van der Waals surface area contributed by atoms with Crippen molar-refractivity contribution in [3.05, 3.63) is 17.7 Å². The van der Waals surface area contributed by atoms with Gasteiger partial charge in [0.15, 0.2) is 12.4 Å². The van der Waals surface area contributed by atoms with Gasteiger partial charge in [-0.15, -0.1) is 0 Å². The lowest BCUT2D eigenvalue weighted by atomic mass is 10.6. The van der Waals surface area contributed by atoms with Crippen LogP contribution < -0.4 is 4.74 Å². The van der Waals surface area contributed by atoms with Crippen LogP contribution in [-0.4, -0.2) is 22.8 Å². The van der Waals surface area contributed by atoms with Crippen molar-refractivity contribution in [3.63, 3.8) is 0 Å². The van der Waals surface area contributed by atoms with E-state index in [-0.39, 0.29) is 11.0 Å². The van der Waals surface area contributed by atoms with Crippen molar-refractivity contribution in [1.82, 2.24) is 9.97 Å². The molecule has 0 aliphatic heterocycles. The Labute approximate surface area is 76.5 Å². The molecule has 0 aromatic carbocycles. The molecule has 1 rings (SSSR count). The third kappa shape index (κ3) is 3.93. The Morgan fingerprint density at radius 1 is 1.31 bits per heavy atom. The van der Waals surface area contributed by atoms with Crippen LogP contribution in [0.15, 0.2) is 12.4 Å². The van der Waals surface area contributed by atoms with Crippen LogP contribution in [0, 0.1) is 0 Å². The molecule has 7 heteroatoms. The van der Waals surface area contributed by atoms with Gasteiger partial charge in [0.1, 0.15) is 0 Å². The van der Waals surface area contributed by atoms with E-state index in [4.69, 9.17) is 11.6 Å². The van der Waals surface area contributed by atoms with Crippen LogP contribution in [0.4, 0.5) is 13.2 Å². The first-order valence-electron chi connectivity index (χ1n) is 3.14. The first-order valence-corrected chi connectivity index (χ1v) is 3.52. The number of hydrogen-bond donors (Lipinski definition) is 0. The molecule has 0 N–H and O–H groups in total. The summed E-state index contributed by atoms with van der Waals surface area (Å²) in [6.07, 6.45) is -2.22. The number of hydrogen-bond acceptors (Lipinski definition) is 3. The topological polar surface area (TPSA) is 35.0 Å². The van der Waals surface area contributed by atoms with Gasteiger partial charge in [-0.05, 0) is 11.6 Å². The largest absolute Gasteiger partial charge is 0.481 e. The summed E-state index contributed by atoms with van der Waals surface area (Å²) in [5.74, 6) is -0.0678. The molecule has 3 nitrogen and oxygen atoms in total. The molecule has 0 radical (unpaired) electrons. The van der Waals surface area contributed by atoms with Crippen LogP contribution in [0.25, 0.3) is 0 Å². The maximum absolute atomic E-state index is 11.6. The van der Waals surface area contributed by atoms with Gasteiger partial charge in [-0.25, -0.2) is 9.97 Å². The van der Waals surface area contributed by atoms with Crippen molar-refractivity contribution < 1.29 is 17.9 Å². The molecule has 0 amide bonds. The van der Waals surface area contributed by atoms with Crippen LogP contribution in [0.5, 0.6) is 5.75 Å². The van der Waals surface area contributed by atoms with Gasteiger partial charge in [0.2, 0.25) is 5.28 Å². The quantitative estimate of drug-likeness (QED) is 0.704. The van der Waals surface area contributed by atoms with Crippen LogP contribution in [-0.2, 0) is 0 Å². The van der Waals surface area contributed by atoms with E-state index >= 15 is 0 Å². The minimum absolute atomic E-state index is 0.0423. The van der Waals surface area contributed by atoms with E-state index in [0.29, 0.717) is 0 Å². The summed E-state index contributed by atoms with van der Waals surface area (Å²) in [5, 5.41) is -0.0423. The summed E-state index contributed by atoms with van der Waals surface area (Å²) in [6.45, 7) is -1.36. The lowest BCUT2D eigenvalue weighted by molar-refractivity contribution is -0.153. The van der Waals surface area contributed by atoms with Gasteiger partial charge >= 0.3 is 6.18 Å². The zero-order valence-corrected chi connectivity index (χ0v) is 6.93. The smallest absolute Gasteiger partial charge is 0.422 e. The standard InChI is InChI=1S/C6H4ClF3N2O/c7-5-11-1-4(2-12-5)13-3-6(8,9)10/h1-2H,3H2. The fraction of sp³-hybridized carbons (Fsp3) is 0.333. The lowest BCUT2D eigenvalue weighted by Crippen LogP contribution is -2.19. The molecule has 0 fully saturated rings. The molecule has 13 heavy (non-hydrogen) atoms. The molecule has 0 saturated heterocycles. The second-order valence-electron chi connectivity index (χ2n) is 2.09. The van der Waals surface area contributed by atoms with Crippen molar-refractivity contribution in [2.24, 2.45) is 0 Å². The van der Waals surface area contributed by atoms with Crippen molar-refractivity contribution >= 4 is 11.6 Å². The van der Waals surface area contributed by atoms with Gasteiger partial charge in [0.25, 0.3) is 0 Å². The summed E-state index contributed by atoms with van der Waals surface area (Å²) in [7, 11) is 0. The monoisotopic (exact) mass is 212 g/mol. The zero-order valence-electron chi connectivity index (χ0n) is 6.18. The van der Waals surface area contributed by atoms with Gasteiger partial charge in [-0.3, -0.25) is 0 Å². The second-order valence-corrected chi connectivity index (χ2v) is 2.43. The van der Waals surface area contributed by atoms with Crippen molar-refractivity contribution in [2.45, 2.75) is 6.18 Å². The van der Waals surface area contributed by atoms with E-state index in [9.17, 15) is 13.2 Å². The first kappa shape index (κ1) is 10.0. The van der Waals surface area contributed by atoms with Crippen LogP contribution >= 0.6 is 11.6 Å². The average Bonchev–Trinajstić information content (AvgIpc) is 2.02. The molecule has 1 aromatic heterocycles. The van der Waals surface area contributed by atoms with Crippen molar-refractivity contribution in [1.29, 1.82) is 0 Å². The van der Waals surface area contributed by atoms with E-state index in [1.54, 1.807) is 0 Å². The van der Waals surface area contributed by atoms with E-state index in [1.807, 2.05) is 0 Å². The molecule has 0 saturated carbocycles. The maximum atomic E-state index is 11.6. The summed E-state index contributed by atoms with van der Waals surface area (Å²) in [4.78, 5) is 6.88. The Kier molecular flexibility index (Phi) is 2.92. The molecule has 1 aromatic rings. The average molecular weight is 213 g/mol. The molecule has 0 aliphatic rings. The number of rotatable bonds is 2. The third-order valence-electron chi connectivity index (χ3n) is 0.999. The SMILES string of the molecule is FC(F)(F)COc1cnc(Cl)nc1. The minimum atomic E-state index is -4.36. The fourth-order valence-electron chi connectivity index (χ4n) is 0.540. The van der Waals surface area contributed by atoms with Crippen LogP contribution in [0.1, 0.15) is 0 Å². The number of alkyl halides is 3. The molecule has 0 spiro atoms. The molecule has 0 bridgehead atoms. The third-order valence-corrected chi connectivity index (χ3v) is 1.19. The normalized spacial score (nSPS) is 11.4. The second kappa shape index (κ2) is 3.78. The lowest BCUT2D eigenvalue weighted by Gasteiger charge is -2.07. The molecule has 0 unspecified atom stereocenters. The summed E-state index contributed by atoms with van der Waals surface area (Å²) < 4.78 is 39.2. The maximum Gasteiger partial charge on any atom is 0.422 e. The Balaban J connectivity index is 2.51. The van der Waals surface area contributed by atoms with Gasteiger partial charge in [0, 0.05) is 0 Å². The summed E-state index contributed by atoms with van der Waals surface area (Å²) in [5.41, 5.74) is 0. The zero-order chi connectivity index (χ0) is 9.90. The number of aromatic nitrogens is 2. The highest BCUT2D eigenvalue weighted by Gasteiger charge is 2.28. The molecule has 72 valence electrons. The first-order chi connectivity index (χ1) is 5.97. The molecular weight excluding hydrogens is 209 g/mol. The summed E-state index contributed by atoms with van der Waals surface area (Å²) in [6, 6.07) is 0. The van der Waals surface area contributed by atoms with Gasteiger partial charge in [-0.1, -0.05) is 0 Å². The van der Waals surface area contributed by atoms with E-state index in [2.05, 4.69) is 14.7 Å². The van der Waals surface area contributed by atoms with Gasteiger partial charge in [0.05, 0.1) is 12.4 Å². The van der Waals surface area contributed by atoms with Gasteiger partial charge in [-0.2, -0.15) is 13.2 Å². The number of ether oxygens (including phenoxy) is 1. The Hall–Kier alpha value is -1.04. The highest BCUT2D eigenvalue weighted by Crippen LogP contribution is 2.17. The fourth-order valence-corrected chi connectivity index (χ4v) is 0.638. The highest BCUT2D eigenvalue weighted by atomic mass is 35.5. The Morgan fingerprint density at radius 3 is 2.31 bits per heavy atom. The molecule has 1 heterocycles. The van der Waals surface area contributed by atoms with E-state index < -0.39 is 12.8 Å². The Morgan fingerprint density at radius 2 is 1.85 bits per heavy atom. The molecule has 0 atom stereocenters. The predicted octanol–water partition coefficient (Wildman–Crippen LogP) is 2.07. The van der Waals surface area contributed by atoms with Crippen LogP contribution in [0.3, 0.4) is 0 Å². The molecular formula is C6H4ClF3N2O. The Bertz CT molecular complexity index is 274. The number of nitrogens with zero attached hydrogens (tertiary/aromatic N) is 2. The van der Waals surface area contributed by atoms with Crippen molar-refractivity contribution in [3.8, 4) is 5.75 Å².